The van der Waals surface area contributed by atoms with E-state index in [-0.39, 0.29) is 5.69 Å². The summed E-state index contributed by atoms with van der Waals surface area (Å²) in [7, 11) is 0. The van der Waals surface area contributed by atoms with Crippen LogP contribution >= 0.6 is 11.5 Å². The lowest BCUT2D eigenvalue weighted by Crippen LogP contribution is -2.04. The molecule has 2 rings (SSSR count). The van der Waals surface area contributed by atoms with E-state index in [1.165, 1.54) is 17.6 Å². The van der Waals surface area contributed by atoms with E-state index >= 15 is 0 Å². The van der Waals surface area contributed by atoms with Crippen molar-refractivity contribution >= 4 is 27.9 Å². The van der Waals surface area contributed by atoms with Gasteiger partial charge in [-0.3, -0.25) is 5.43 Å². The monoisotopic (exact) mass is 282 g/mol. The standard InChI is InChI=1S/C12H12F2N4S/c1-6(11-7(2)18-19-12(11)15)16-17-10-4-3-8(13)5-9(10)14/h3-5,17H,15H2,1-2H3/b16-6-. The normalized spacial score (nSPS) is 11.7. The maximum Gasteiger partial charge on any atom is 0.151 e. The number of aromatic nitrogens is 1. The highest BCUT2D eigenvalue weighted by Gasteiger charge is 2.11. The van der Waals surface area contributed by atoms with Gasteiger partial charge in [0.1, 0.15) is 10.8 Å². The molecule has 0 spiro atoms. The van der Waals surface area contributed by atoms with Crippen LogP contribution in [0.4, 0.5) is 19.5 Å². The molecule has 0 aliphatic heterocycles. The van der Waals surface area contributed by atoms with Crippen molar-refractivity contribution in [3.8, 4) is 0 Å². The van der Waals surface area contributed by atoms with Gasteiger partial charge in [-0.05, 0) is 37.5 Å². The Labute approximate surface area is 113 Å². The first kappa shape index (κ1) is 13.4. The van der Waals surface area contributed by atoms with E-state index in [2.05, 4.69) is 14.9 Å². The predicted octanol–water partition coefficient (Wildman–Crippen LogP) is 3.15. The number of hydrazone groups is 1. The molecule has 4 nitrogen and oxygen atoms in total. The Morgan fingerprint density at radius 1 is 1.42 bits per heavy atom. The Bertz CT molecular complexity index is 617. The molecule has 0 fully saturated rings. The molecule has 0 saturated carbocycles. The number of anilines is 2. The number of hydrogen-bond acceptors (Lipinski definition) is 5. The summed E-state index contributed by atoms with van der Waals surface area (Å²) in [6, 6.07) is 3.23. The van der Waals surface area contributed by atoms with Crippen LogP contribution in [0.1, 0.15) is 18.2 Å². The molecule has 1 aromatic carbocycles. The van der Waals surface area contributed by atoms with Crippen molar-refractivity contribution in [1.82, 2.24) is 4.37 Å². The van der Waals surface area contributed by atoms with Gasteiger partial charge in [0.2, 0.25) is 0 Å². The first-order chi connectivity index (χ1) is 8.99. The summed E-state index contributed by atoms with van der Waals surface area (Å²) >= 11 is 1.18. The van der Waals surface area contributed by atoms with Crippen molar-refractivity contribution in [3.63, 3.8) is 0 Å². The molecule has 1 heterocycles. The molecule has 0 atom stereocenters. The zero-order valence-electron chi connectivity index (χ0n) is 10.4. The predicted molar refractivity (Wildman–Crippen MR) is 73.5 cm³/mol. The van der Waals surface area contributed by atoms with Crippen LogP contribution in [-0.2, 0) is 0 Å². The topological polar surface area (TPSA) is 63.3 Å². The second-order valence-electron chi connectivity index (χ2n) is 3.94. The van der Waals surface area contributed by atoms with Crippen LogP contribution in [0.3, 0.4) is 0 Å². The van der Waals surface area contributed by atoms with Crippen molar-refractivity contribution < 1.29 is 8.78 Å². The fraction of sp³-hybridized carbons (Fsp3) is 0.167. The number of nitrogen functional groups attached to an aromatic ring is 1. The van der Waals surface area contributed by atoms with E-state index in [1.54, 1.807) is 6.92 Å². The second kappa shape index (κ2) is 5.31. The molecule has 100 valence electrons. The fourth-order valence-corrected chi connectivity index (χ4v) is 2.32. The Kier molecular flexibility index (Phi) is 3.75. The molecular weight excluding hydrogens is 270 g/mol. The summed E-state index contributed by atoms with van der Waals surface area (Å²) in [5.41, 5.74) is 10.5. The van der Waals surface area contributed by atoms with Crippen LogP contribution in [0.5, 0.6) is 0 Å². The highest BCUT2D eigenvalue weighted by atomic mass is 32.1. The highest BCUT2D eigenvalue weighted by molar-refractivity contribution is 7.10. The van der Waals surface area contributed by atoms with Crippen molar-refractivity contribution in [2.45, 2.75) is 13.8 Å². The molecule has 3 N–H and O–H groups in total. The lowest BCUT2D eigenvalue weighted by Gasteiger charge is -2.05. The number of benzene rings is 1. The van der Waals surface area contributed by atoms with Crippen molar-refractivity contribution in [3.05, 3.63) is 41.1 Å². The van der Waals surface area contributed by atoms with Crippen molar-refractivity contribution in [2.24, 2.45) is 5.10 Å². The van der Waals surface area contributed by atoms with Gasteiger partial charge in [0.25, 0.3) is 0 Å². The number of halogens is 2. The largest absolute Gasteiger partial charge is 0.389 e. The zero-order valence-corrected chi connectivity index (χ0v) is 11.2. The molecule has 0 aliphatic rings. The van der Waals surface area contributed by atoms with Crippen LogP contribution < -0.4 is 11.2 Å². The summed E-state index contributed by atoms with van der Waals surface area (Å²) in [6.07, 6.45) is 0. The van der Waals surface area contributed by atoms with Crippen LogP contribution in [0.15, 0.2) is 23.3 Å². The molecule has 19 heavy (non-hydrogen) atoms. The molecule has 0 radical (unpaired) electrons. The molecule has 0 unspecified atom stereocenters. The van der Waals surface area contributed by atoms with Gasteiger partial charge in [-0.2, -0.15) is 9.47 Å². The highest BCUT2D eigenvalue weighted by Crippen LogP contribution is 2.22. The van der Waals surface area contributed by atoms with E-state index < -0.39 is 11.6 Å². The third-order valence-electron chi connectivity index (χ3n) is 2.53. The van der Waals surface area contributed by atoms with E-state index in [9.17, 15) is 8.78 Å². The van der Waals surface area contributed by atoms with Crippen LogP contribution in [0.25, 0.3) is 0 Å². The number of rotatable bonds is 3. The Hall–Kier alpha value is -2.02. The van der Waals surface area contributed by atoms with Gasteiger partial charge < -0.3 is 5.73 Å². The molecule has 0 aliphatic carbocycles. The zero-order chi connectivity index (χ0) is 14.0. The maximum atomic E-state index is 13.4. The Morgan fingerprint density at radius 2 is 2.16 bits per heavy atom. The van der Waals surface area contributed by atoms with E-state index in [0.29, 0.717) is 10.7 Å². The quantitative estimate of drug-likeness (QED) is 0.671. The van der Waals surface area contributed by atoms with Gasteiger partial charge in [0.15, 0.2) is 5.82 Å². The molecular formula is C12H12F2N4S. The van der Waals surface area contributed by atoms with E-state index in [1.807, 2.05) is 6.92 Å². The number of nitrogens with two attached hydrogens (primary N) is 1. The van der Waals surface area contributed by atoms with E-state index in [4.69, 9.17) is 5.73 Å². The first-order valence-electron chi connectivity index (χ1n) is 5.46. The van der Waals surface area contributed by atoms with Crippen LogP contribution in [0, 0.1) is 18.6 Å². The smallest absolute Gasteiger partial charge is 0.151 e. The van der Waals surface area contributed by atoms with Crippen molar-refractivity contribution in [2.75, 3.05) is 11.2 Å². The van der Waals surface area contributed by atoms with Gasteiger partial charge in [-0.25, -0.2) is 8.78 Å². The molecule has 0 saturated heterocycles. The summed E-state index contributed by atoms with van der Waals surface area (Å²) in [5, 5.41) is 4.60. The first-order valence-corrected chi connectivity index (χ1v) is 6.24. The minimum absolute atomic E-state index is 0.0974. The Morgan fingerprint density at radius 3 is 2.74 bits per heavy atom. The van der Waals surface area contributed by atoms with Crippen LogP contribution in [-0.4, -0.2) is 10.1 Å². The van der Waals surface area contributed by atoms with Gasteiger partial charge in [-0.15, -0.1) is 0 Å². The SMILES string of the molecule is C/C(=N/Nc1ccc(F)cc1F)c1c(C)nsc1N. The average Bonchev–Trinajstić information content (AvgIpc) is 2.68. The fourth-order valence-electron chi connectivity index (χ4n) is 1.61. The molecule has 7 heteroatoms. The number of nitrogens with zero attached hydrogens (tertiary/aromatic N) is 2. The minimum atomic E-state index is -0.704. The van der Waals surface area contributed by atoms with Crippen molar-refractivity contribution in [1.29, 1.82) is 0 Å². The van der Waals surface area contributed by atoms with Gasteiger partial charge in [-0.1, -0.05) is 0 Å². The third kappa shape index (κ3) is 2.87. The minimum Gasteiger partial charge on any atom is -0.389 e. The summed E-state index contributed by atoms with van der Waals surface area (Å²) in [6.45, 7) is 3.56. The number of nitrogens with one attached hydrogen (secondary N) is 1. The van der Waals surface area contributed by atoms with Crippen LogP contribution in [0.2, 0.25) is 0 Å². The third-order valence-corrected chi connectivity index (χ3v) is 3.29. The molecule has 1 aromatic heterocycles. The van der Waals surface area contributed by atoms with Gasteiger partial charge in [0, 0.05) is 6.07 Å². The number of aryl methyl sites for hydroxylation is 1. The summed E-state index contributed by atoms with van der Waals surface area (Å²) in [5.74, 6) is -1.34. The number of hydrogen-bond donors (Lipinski definition) is 2. The molecule has 2 aromatic rings. The second-order valence-corrected chi connectivity index (χ2v) is 4.75. The lowest BCUT2D eigenvalue weighted by atomic mass is 10.2. The van der Waals surface area contributed by atoms with E-state index in [0.717, 1.165) is 23.4 Å². The maximum absolute atomic E-state index is 13.4. The Balaban J connectivity index is 2.23. The summed E-state index contributed by atoms with van der Waals surface area (Å²) < 4.78 is 30.2. The summed E-state index contributed by atoms with van der Waals surface area (Å²) in [4.78, 5) is 0. The van der Waals surface area contributed by atoms with Gasteiger partial charge >= 0.3 is 0 Å². The van der Waals surface area contributed by atoms with Gasteiger partial charge in [0.05, 0.1) is 22.7 Å². The average molecular weight is 282 g/mol. The lowest BCUT2D eigenvalue weighted by molar-refractivity contribution is 0.585. The molecule has 0 bridgehead atoms. The molecule has 0 amide bonds.